The van der Waals surface area contributed by atoms with Crippen molar-refractivity contribution in [2.45, 2.75) is 124 Å². The molecule has 0 spiro atoms. The van der Waals surface area contributed by atoms with Gasteiger partial charge in [0.25, 0.3) is 0 Å². The molecular formula is C39H54. The van der Waals surface area contributed by atoms with Crippen molar-refractivity contribution in [2.75, 3.05) is 0 Å². The predicted molar refractivity (Wildman–Crippen MR) is 171 cm³/mol. The lowest BCUT2D eigenvalue weighted by Crippen LogP contribution is -2.49. The van der Waals surface area contributed by atoms with Crippen LogP contribution in [0.15, 0.2) is 72.8 Å². The fourth-order valence-corrected chi connectivity index (χ4v) is 9.03. The van der Waals surface area contributed by atoms with E-state index in [9.17, 15) is 0 Å². The molecule has 0 bridgehead atoms. The highest BCUT2D eigenvalue weighted by molar-refractivity contribution is 5.57. The van der Waals surface area contributed by atoms with Crippen molar-refractivity contribution in [2.24, 2.45) is 11.3 Å². The fourth-order valence-electron chi connectivity index (χ4n) is 9.03. The summed E-state index contributed by atoms with van der Waals surface area (Å²) in [5.41, 5.74) is 9.15. The second-order valence-corrected chi connectivity index (χ2v) is 16.6. The SMILES string of the molecule is CC(C)(C)c1ccccc1C(C)(C)CC1(C)c2ccccc2C(C)(c2ccccc2C(C)(C)C)C1C(C)(C)C. The summed E-state index contributed by atoms with van der Waals surface area (Å²) < 4.78 is 0. The van der Waals surface area contributed by atoms with Gasteiger partial charge in [0.2, 0.25) is 0 Å². The number of rotatable bonds is 4. The molecule has 0 fully saturated rings. The third-order valence-electron chi connectivity index (χ3n) is 9.75. The third-order valence-corrected chi connectivity index (χ3v) is 9.75. The van der Waals surface area contributed by atoms with Crippen LogP contribution in [0.3, 0.4) is 0 Å². The van der Waals surface area contributed by atoms with Gasteiger partial charge in [-0.05, 0) is 72.8 Å². The summed E-state index contributed by atoms with van der Waals surface area (Å²) in [5.74, 6) is 0.416. The molecule has 210 valence electrons. The Bertz CT molecular complexity index is 1330. The minimum atomic E-state index is -0.104. The second-order valence-electron chi connectivity index (χ2n) is 16.6. The van der Waals surface area contributed by atoms with Crippen molar-refractivity contribution in [3.05, 3.63) is 106 Å². The average Bonchev–Trinajstić information content (AvgIpc) is 3.02. The molecule has 0 heteroatoms. The molecule has 0 N–H and O–H groups in total. The quantitative estimate of drug-likeness (QED) is 0.319. The van der Waals surface area contributed by atoms with Gasteiger partial charge in [-0.25, -0.2) is 0 Å². The summed E-state index contributed by atoms with van der Waals surface area (Å²) in [6.45, 7) is 31.7. The molecule has 4 rings (SSSR count). The minimum Gasteiger partial charge on any atom is -0.0620 e. The number of hydrogen-bond acceptors (Lipinski definition) is 0. The highest BCUT2D eigenvalue weighted by atomic mass is 14.6. The number of benzene rings is 3. The van der Waals surface area contributed by atoms with Crippen molar-refractivity contribution >= 4 is 0 Å². The Hall–Kier alpha value is -2.34. The normalized spacial score (nSPS) is 24.1. The molecular weight excluding hydrogens is 468 g/mol. The van der Waals surface area contributed by atoms with Gasteiger partial charge in [-0.3, -0.25) is 0 Å². The van der Waals surface area contributed by atoms with E-state index < -0.39 is 0 Å². The Labute approximate surface area is 240 Å². The Morgan fingerprint density at radius 3 is 1.41 bits per heavy atom. The molecule has 0 aliphatic heterocycles. The van der Waals surface area contributed by atoms with Crippen LogP contribution in [0.25, 0.3) is 0 Å². The van der Waals surface area contributed by atoms with Crippen LogP contribution in [0.4, 0.5) is 0 Å². The maximum Gasteiger partial charge on any atom is 0.0222 e. The zero-order valence-electron chi connectivity index (χ0n) is 27.2. The molecule has 3 unspecified atom stereocenters. The lowest BCUT2D eigenvalue weighted by atomic mass is 9.52. The topological polar surface area (TPSA) is 0 Å². The first-order chi connectivity index (χ1) is 17.8. The molecule has 0 heterocycles. The van der Waals surface area contributed by atoms with Crippen molar-refractivity contribution < 1.29 is 0 Å². The molecule has 39 heavy (non-hydrogen) atoms. The molecule has 0 nitrogen and oxygen atoms in total. The van der Waals surface area contributed by atoms with Crippen LogP contribution in [0.2, 0.25) is 0 Å². The monoisotopic (exact) mass is 522 g/mol. The van der Waals surface area contributed by atoms with Gasteiger partial charge in [-0.15, -0.1) is 0 Å². The van der Waals surface area contributed by atoms with Crippen LogP contribution in [-0.2, 0) is 27.1 Å². The maximum atomic E-state index is 2.59. The number of fused-ring (bicyclic) bond motifs is 1. The molecule has 1 aliphatic rings. The summed E-state index contributed by atoms with van der Waals surface area (Å²) in [6, 6.07) is 27.9. The summed E-state index contributed by atoms with van der Waals surface area (Å²) >= 11 is 0. The van der Waals surface area contributed by atoms with Gasteiger partial charge in [0.15, 0.2) is 0 Å². The van der Waals surface area contributed by atoms with Crippen molar-refractivity contribution in [3.8, 4) is 0 Å². The molecule has 1 aliphatic carbocycles. The van der Waals surface area contributed by atoms with Crippen LogP contribution < -0.4 is 0 Å². The Kier molecular flexibility index (Phi) is 7.11. The zero-order valence-corrected chi connectivity index (χ0v) is 27.2. The third kappa shape index (κ3) is 4.92. The van der Waals surface area contributed by atoms with Gasteiger partial charge in [0, 0.05) is 5.41 Å². The van der Waals surface area contributed by atoms with Crippen molar-refractivity contribution in [1.82, 2.24) is 0 Å². The molecule has 3 aromatic rings. The molecule has 0 aromatic heterocycles. The number of hydrogen-bond donors (Lipinski definition) is 0. The Morgan fingerprint density at radius 2 is 0.923 bits per heavy atom. The van der Waals surface area contributed by atoms with Crippen LogP contribution in [0.1, 0.15) is 130 Å². The van der Waals surface area contributed by atoms with E-state index in [1.165, 1.54) is 33.4 Å². The van der Waals surface area contributed by atoms with Gasteiger partial charge >= 0.3 is 0 Å². The van der Waals surface area contributed by atoms with E-state index in [2.05, 4.69) is 163 Å². The summed E-state index contributed by atoms with van der Waals surface area (Å²) in [6.07, 6.45) is 1.10. The summed E-state index contributed by atoms with van der Waals surface area (Å²) in [7, 11) is 0. The van der Waals surface area contributed by atoms with Crippen LogP contribution in [-0.4, -0.2) is 0 Å². The second kappa shape index (κ2) is 9.36. The predicted octanol–water partition coefficient (Wildman–Crippen LogP) is 10.9. The minimum absolute atomic E-state index is 0.00400. The first-order valence-electron chi connectivity index (χ1n) is 15.1. The van der Waals surface area contributed by atoms with E-state index in [-0.39, 0.29) is 32.5 Å². The van der Waals surface area contributed by atoms with Gasteiger partial charge < -0.3 is 0 Å². The molecule has 0 amide bonds. The largest absolute Gasteiger partial charge is 0.0620 e. The summed E-state index contributed by atoms with van der Waals surface area (Å²) in [5, 5.41) is 0. The van der Waals surface area contributed by atoms with E-state index in [0.29, 0.717) is 5.92 Å². The van der Waals surface area contributed by atoms with Gasteiger partial charge in [-0.1, -0.05) is 163 Å². The van der Waals surface area contributed by atoms with Gasteiger partial charge in [-0.2, -0.15) is 0 Å². The van der Waals surface area contributed by atoms with Crippen molar-refractivity contribution in [3.63, 3.8) is 0 Å². The lowest BCUT2D eigenvalue weighted by Gasteiger charge is -2.51. The molecule has 0 saturated carbocycles. The first-order valence-corrected chi connectivity index (χ1v) is 15.1. The van der Waals surface area contributed by atoms with E-state index >= 15 is 0 Å². The van der Waals surface area contributed by atoms with Crippen LogP contribution in [0.5, 0.6) is 0 Å². The molecule has 3 aromatic carbocycles. The van der Waals surface area contributed by atoms with Gasteiger partial charge in [0.1, 0.15) is 0 Å². The average molecular weight is 523 g/mol. The van der Waals surface area contributed by atoms with E-state index in [1.807, 2.05) is 0 Å². The highest BCUT2D eigenvalue weighted by Gasteiger charge is 2.61. The fraction of sp³-hybridized carbons (Fsp3) is 0.538. The van der Waals surface area contributed by atoms with Gasteiger partial charge in [0.05, 0.1) is 0 Å². The zero-order chi connectivity index (χ0) is 29.2. The standard InChI is InChI=1S/C39H54/c1-34(2,3)27-20-14-16-22-29(27)37(10,11)26-38(12)30-23-17-19-25-32(30)39(13,33(38)36(7,8)9)31-24-18-15-21-28(31)35(4,5)6/h14-25,33H,26H2,1-13H3. The Balaban J connectivity index is 2.01. The van der Waals surface area contributed by atoms with Crippen LogP contribution >= 0.6 is 0 Å². The Morgan fingerprint density at radius 1 is 0.513 bits per heavy atom. The maximum absolute atomic E-state index is 2.59. The lowest BCUT2D eigenvalue weighted by molar-refractivity contribution is 0.0760. The molecule has 0 saturated heterocycles. The van der Waals surface area contributed by atoms with Crippen LogP contribution in [0, 0.1) is 11.3 Å². The highest BCUT2D eigenvalue weighted by Crippen LogP contribution is 2.66. The first kappa shape index (κ1) is 29.6. The molecule has 3 atom stereocenters. The van der Waals surface area contributed by atoms with Crippen molar-refractivity contribution in [1.29, 1.82) is 0 Å². The smallest absolute Gasteiger partial charge is 0.0222 e. The van der Waals surface area contributed by atoms with E-state index in [0.717, 1.165) is 6.42 Å². The molecule has 0 radical (unpaired) electrons. The van der Waals surface area contributed by atoms with E-state index in [1.54, 1.807) is 0 Å². The van der Waals surface area contributed by atoms with E-state index in [4.69, 9.17) is 0 Å². The summed E-state index contributed by atoms with van der Waals surface area (Å²) in [4.78, 5) is 0.